The van der Waals surface area contributed by atoms with Gasteiger partial charge < -0.3 is 4.74 Å². The van der Waals surface area contributed by atoms with Gasteiger partial charge in [0, 0.05) is 12.0 Å². The van der Waals surface area contributed by atoms with Gasteiger partial charge in [0.05, 0.1) is 6.21 Å². The monoisotopic (exact) mass is 308 g/mol. The summed E-state index contributed by atoms with van der Waals surface area (Å²) in [6, 6.07) is 17.4. The van der Waals surface area contributed by atoms with E-state index >= 15 is 0 Å². The van der Waals surface area contributed by atoms with Crippen LogP contribution in [0.15, 0.2) is 72.4 Å². The third-order valence-electron chi connectivity index (χ3n) is 3.15. The van der Waals surface area contributed by atoms with E-state index in [1.165, 1.54) is 0 Å². The highest BCUT2D eigenvalue weighted by molar-refractivity contribution is 5.85. The molecular formula is C19H20N2O2. The van der Waals surface area contributed by atoms with Crippen molar-refractivity contribution in [3.05, 3.63) is 78.4 Å². The van der Waals surface area contributed by atoms with Crippen LogP contribution in [0.5, 0.6) is 5.75 Å². The van der Waals surface area contributed by atoms with E-state index in [2.05, 4.69) is 17.1 Å². The third-order valence-corrected chi connectivity index (χ3v) is 3.15. The molecule has 0 saturated carbocycles. The van der Waals surface area contributed by atoms with Crippen molar-refractivity contribution in [2.75, 3.05) is 6.61 Å². The van der Waals surface area contributed by atoms with E-state index in [9.17, 15) is 4.79 Å². The van der Waals surface area contributed by atoms with Gasteiger partial charge in [-0.1, -0.05) is 55.1 Å². The van der Waals surface area contributed by atoms with Crippen LogP contribution in [0.2, 0.25) is 0 Å². The molecule has 0 heterocycles. The molecule has 118 valence electrons. The van der Waals surface area contributed by atoms with Gasteiger partial charge in [-0.2, -0.15) is 5.10 Å². The van der Waals surface area contributed by atoms with Gasteiger partial charge >= 0.3 is 0 Å². The van der Waals surface area contributed by atoms with Crippen LogP contribution in [-0.4, -0.2) is 18.7 Å². The maximum atomic E-state index is 11.8. The lowest BCUT2D eigenvalue weighted by Crippen LogP contribution is -2.17. The zero-order valence-electron chi connectivity index (χ0n) is 12.9. The minimum Gasteiger partial charge on any atom is -0.489 e. The highest BCUT2D eigenvalue weighted by Crippen LogP contribution is 2.15. The smallest absolute Gasteiger partial charge is 0.240 e. The van der Waals surface area contributed by atoms with E-state index in [0.717, 1.165) is 11.1 Å². The molecule has 0 saturated heterocycles. The summed E-state index contributed by atoms with van der Waals surface area (Å²) in [6.45, 7) is 4.05. The second-order valence-corrected chi connectivity index (χ2v) is 4.92. The van der Waals surface area contributed by atoms with E-state index in [1.807, 2.05) is 54.6 Å². The Kier molecular flexibility index (Phi) is 6.60. The fraction of sp³-hybridized carbons (Fsp3) is 0.158. The maximum absolute atomic E-state index is 11.8. The molecule has 0 aliphatic carbocycles. The molecular weight excluding hydrogens is 288 g/mol. The molecule has 0 fully saturated rings. The summed E-state index contributed by atoms with van der Waals surface area (Å²) in [5.41, 5.74) is 4.48. The number of benzene rings is 2. The molecule has 0 aliphatic heterocycles. The Hall–Kier alpha value is -2.88. The molecule has 4 nitrogen and oxygen atoms in total. The Morgan fingerprint density at radius 2 is 1.87 bits per heavy atom. The summed E-state index contributed by atoms with van der Waals surface area (Å²) in [5, 5.41) is 3.99. The van der Waals surface area contributed by atoms with Gasteiger partial charge in [-0.15, -0.1) is 0 Å². The SMILES string of the molecule is C=CCOc1ccccc1/C=N/NC(=O)CCc1ccccc1. The topological polar surface area (TPSA) is 50.7 Å². The zero-order valence-corrected chi connectivity index (χ0v) is 12.9. The minimum absolute atomic E-state index is 0.116. The van der Waals surface area contributed by atoms with Gasteiger partial charge in [0.1, 0.15) is 12.4 Å². The predicted molar refractivity (Wildman–Crippen MR) is 92.6 cm³/mol. The lowest BCUT2D eigenvalue weighted by atomic mass is 10.1. The second kappa shape index (κ2) is 9.20. The number of rotatable bonds is 8. The summed E-state index contributed by atoms with van der Waals surface area (Å²) in [4.78, 5) is 11.8. The molecule has 1 amide bonds. The van der Waals surface area contributed by atoms with Gasteiger partial charge in [-0.3, -0.25) is 4.79 Å². The molecule has 1 N–H and O–H groups in total. The standard InChI is InChI=1S/C19H20N2O2/c1-2-14-23-18-11-7-6-10-17(18)15-20-21-19(22)13-12-16-8-4-3-5-9-16/h2-11,15H,1,12-14H2,(H,21,22)/b20-15+. The number of nitrogens with zero attached hydrogens (tertiary/aromatic N) is 1. The summed E-state index contributed by atoms with van der Waals surface area (Å²) in [5.74, 6) is 0.587. The maximum Gasteiger partial charge on any atom is 0.240 e. The number of hydrogen-bond donors (Lipinski definition) is 1. The summed E-state index contributed by atoms with van der Waals surface area (Å²) >= 11 is 0. The van der Waals surface area contributed by atoms with E-state index in [1.54, 1.807) is 12.3 Å². The first kappa shape index (κ1) is 16.5. The van der Waals surface area contributed by atoms with Gasteiger partial charge in [-0.25, -0.2) is 5.43 Å². The first-order chi connectivity index (χ1) is 11.3. The molecule has 0 atom stereocenters. The molecule has 2 aromatic rings. The fourth-order valence-corrected chi connectivity index (χ4v) is 2.00. The van der Waals surface area contributed by atoms with Gasteiger partial charge in [0.2, 0.25) is 5.91 Å². The van der Waals surface area contributed by atoms with Crippen molar-refractivity contribution >= 4 is 12.1 Å². The molecule has 4 heteroatoms. The molecule has 0 aliphatic rings. The number of ether oxygens (including phenoxy) is 1. The van der Waals surface area contributed by atoms with Crippen LogP contribution >= 0.6 is 0 Å². The van der Waals surface area contributed by atoms with Crippen LogP contribution in [0.25, 0.3) is 0 Å². The van der Waals surface area contributed by atoms with E-state index in [0.29, 0.717) is 25.2 Å². The molecule has 0 spiro atoms. The number of hydrogen-bond acceptors (Lipinski definition) is 3. The number of aryl methyl sites for hydroxylation is 1. The molecule has 0 unspecified atom stereocenters. The van der Waals surface area contributed by atoms with Crippen molar-refractivity contribution in [2.45, 2.75) is 12.8 Å². The zero-order chi connectivity index (χ0) is 16.3. The molecule has 2 aromatic carbocycles. The molecule has 0 aromatic heterocycles. The lowest BCUT2D eigenvalue weighted by Gasteiger charge is -2.06. The number of nitrogens with one attached hydrogen (secondary N) is 1. The molecule has 0 radical (unpaired) electrons. The summed E-state index contributed by atoms with van der Waals surface area (Å²) in [6.07, 6.45) is 4.36. The van der Waals surface area contributed by atoms with Crippen LogP contribution in [0.4, 0.5) is 0 Å². The Balaban J connectivity index is 1.84. The minimum atomic E-state index is -0.116. The highest BCUT2D eigenvalue weighted by Gasteiger charge is 2.02. The average molecular weight is 308 g/mol. The van der Waals surface area contributed by atoms with Gasteiger partial charge in [0.25, 0.3) is 0 Å². The van der Waals surface area contributed by atoms with Crippen molar-refractivity contribution in [2.24, 2.45) is 5.10 Å². The molecule has 2 rings (SSSR count). The fourth-order valence-electron chi connectivity index (χ4n) is 2.00. The van der Waals surface area contributed by atoms with E-state index < -0.39 is 0 Å². The van der Waals surface area contributed by atoms with Crippen LogP contribution in [0.1, 0.15) is 17.5 Å². The number of carbonyl (C=O) groups is 1. The summed E-state index contributed by atoms with van der Waals surface area (Å²) in [7, 11) is 0. The van der Waals surface area contributed by atoms with Crippen molar-refractivity contribution in [1.82, 2.24) is 5.43 Å². The quantitative estimate of drug-likeness (QED) is 0.462. The van der Waals surface area contributed by atoms with Crippen molar-refractivity contribution in [3.63, 3.8) is 0 Å². The number of para-hydroxylation sites is 1. The predicted octanol–water partition coefficient (Wildman–Crippen LogP) is 3.33. The van der Waals surface area contributed by atoms with E-state index in [-0.39, 0.29) is 5.91 Å². The first-order valence-corrected chi connectivity index (χ1v) is 7.48. The summed E-state index contributed by atoms with van der Waals surface area (Å²) < 4.78 is 5.53. The third kappa shape index (κ3) is 5.79. The highest BCUT2D eigenvalue weighted by atomic mass is 16.5. The Bertz CT molecular complexity index is 666. The Labute approximate surface area is 136 Å². The van der Waals surface area contributed by atoms with Crippen LogP contribution < -0.4 is 10.2 Å². The molecule has 0 bridgehead atoms. The van der Waals surface area contributed by atoms with Crippen molar-refractivity contribution in [3.8, 4) is 5.75 Å². The Morgan fingerprint density at radius 3 is 2.65 bits per heavy atom. The van der Waals surface area contributed by atoms with Crippen molar-refractivity contribution in [1.29, 1.82) is 0 Å². The van der Waals surface area contributed by atoms with Crippen LogP contribution in [0.3, 0.4) is 0 Å². The largest absolute Gasteiger partial charge is 0.489 e. The second-order valence-electron chi connectivity index (χ2n) is 4.92. The number of amides is 1. The normalized spacial score (nSPS) is 10.4. The Morgan fingerprint density at radius 1 is 1.13 bits per heavy atom. The molecule has 23 heavy (non-hydrogen) atoms. The number of carbonyl (C=O) groups excluding carboxylic acids is 1. The van der Waals surface area contributed by atoms with Crippen molar-refractivity contribution < 1.29 is 9.53 Å². The average Bonchev–Trinajstić information content (AvgIpc) is 2.60. The number of hydrazone groups is 1. The van der Waals surface area contributed by atoms with Crippen LogP contribution in [-0.2, 0) is 11.2 Å². The van der Waals surface area contributed by atoms with Gasteiger partial charge in [0.15, 0.2) is 0 Å². The van der Waals surface area contributed by atoms with Crippen LogP contribution in [0, 0.1) is 0 Å². The van der Waals surface area contributed by atoms with E-state index in [4.69, 9.17) is 4.74 Å². The van der Waals surface area contributed by atoms with Gasteiger partial charge in [-0.05, 0) is 24.1 Å². The lowest BCUT2D eigenvalue weighted by molar-refractivity contribution is -0.121. The first-order valence-electron chi connectivity index (χ1n) is 7.48.